The van der Waals surface area contributed by atoms with Crippen molar-refractivity contribution in [1.82, 2.24) is 9.88 Å². The minimum absolute atomic E-state index is 0.210. The van der Waals surface area contributed by atoms with Crippen LogP contribution in [-0.4, -0.2) is 34.2 Å². The third kappa shape index (κ3) is 3.95. The average Bonchev–Trinajstić information content (AvgIpc) is 2.66. The Labute approximate surface area is 161 Å². The number of pyridine rings is 1. The molecular formula is C20H22F2N4O2. The lowest BCUT2D eigenvalue weighted by molar-refractivity contribution is -0.159. The Morgan fingerprint density at radius 2 is 1.96 bits per heavy atom. The molecule has 3 rings (SSSR count). The summed E-state index contributed by atoms with van der Waals surface area (Å²) < 4.78 is 28.7. The lowest BCUT2D eigenvalue weighted by Gasteiger charge is -2.42. The summed E-state index contributed by atoms with van der Waals surface area (Å²) in [7, 11) is 0. The predicted molar refractivity (Wildman–Crippen MR) is 102 cm³/mol. The van der Waals surface area contributed by atoms with Gasteiger partial charge in [-0.25, -0.2) is 13.8 Å². The fraction of sp³-hybridized carbons (Fsp3) is 0.350. The number of rotatable bonds is 2. The number of alkyl halides is 2. The molecule has 1 fully saturated rings. The Balaban J connectivity index is 1.84. The number of carbonyl (C=O) groups excluding carboxylic acids is 2. The highest BCUT2D eigenvalue weighted by atomic mass is 19.3. The van der Waals surface area contributed by atoms with Crippen LogP contribution in [0, 0.1) is 12.8 Å². The summed E-state index contributed by atoms with van der Waals surface area (Å²) >= 11 is 0. The molecule has 0 unspecified atom stereocenters. The molecule has 3 N–H and O–H groups in total. The van der Waals surface area contributed by atoms with Gasteiger partial charge in [-0.3, -0.25) is 9.59 Å². The second-order valence-corrected chi connectivity index (χ2v) is 7.13. The zero-order valence-corrected chi connectivity index (χ0v) is 15.7. The standard InChI is InChI=1S/C20H22F2N4O2/c1-12-8-15(10-24-17(12)23)25-18(27)19(28)26-11-13(2)20(21,22)9-16(26)14-6-4-3-5-7-14/h3-8,10,13,16H,9,11H2,1-2H3,(H2,23,24)(H,25,27)/t13-,16-/m0/s1. The maximum atomic E-state index is 14.3. The number of likely N-dealkylation sites (tertiary alicyclic amines) is 1. The van der Waals surface area contributed by atoms with E-state index in [1.54, 1.807) is 43.3 Å². The normalized spacial score (nSPS) is 21.2. The van der Waals surface area contributed by atoms with Gasteiger partial charge < -0.3 is 16.0 Å². The maximum Gasteiger partial charge on any atom is 0.313 e. The number of hydrogen-bond donors (Lipinski definition) is 2. The smallest absolute Gasteiger partial charge is 0.313 e. The Morgan fingerprint density at radius 3 is 2.61 bits per heavy atom. The Kier molecular flexibility index (Phi) is 5.31. The second kappa shape index (κ2) is 7.53. The number of nitrogens with zero attached hydrogens (tertiary/aromatic N) is 2. The van der Waals surface area contributed by atoms with Gasteiger partial charge in [-0.2, -0.15) is 0 Å². The van der Waals surface area contributed by atoms with Crippen molar-refractivity contribution in [2.45, 2.75) is 32.2 Å². The van der Waals surface area contributed by atoms with Gasteiger partial charge in [0.05, 0.1) is 17.9 Å². The molecule has 1 aromatic heterocycles. The van der Waals surface area contributed by atoms with Crippen molar-refractivity contribution in [3.8, 4) is 0 Å². The Morgan fingerprint density at radius 1 is 1.29 bits per heavy atom. The lowest BCUT2D eigenvalue weighted by Crippen LogP contribution is -2.52. The first-order valence-corrected chi connectivity index (χ1v) is 8.96. The third-order valence-corrected chi connectivity index (χ3v) is 5.05. The highest BCUT2D eigenvalue weighted by molar-refractivity contribution is 6.39. The number of nitrogens with two attached hydrogens (primary N) is 1. The fourth-order valence-electron chi connectivity index (χ4n) is 3.29. The van der Waals surface area contributed by atoms with Crippen LogP contribution in [0.1, 0.15) is 30.5 Å². The molecule has 0 saturated carbocycles. The number of aryl methyl sites for hydroxylation is 1. The Hall–Kier alpha value is -3.03. The fourth-order valence-corrected chi connectivity index (χ4v) is 3.29. The number of aromatic nitrogens is 1. The van der Waals surface area contributed by atoms with Crippen molar-refractivity contribution in [2.24, 2.45) is 5.92 Å². The lowest BCUT2D eigenvalue weighted by atomic mass is 9.86. The average molecular weight is 388 g/mol. The SMILES string of the molecule is Cc1cc(NC(=O)C(=O)N2C[C@H](C)C(F)(F)C[C@H]2c2ccccc2)cnc1N. The molecule has 1 aliphatic rings. The van der Waals surface area contributed by atoms with Crippen molar-refractivity contribution in [3.05, 3.63) is 53.7 Å². The first-order chi connectivity index (χ1) is 13.2. The highest BCUT2D eigenvalue weighted by Crippen LogP contribution is 2.43. The van der Waals surface area contributed by atoms with Gasteiger partial charge in [0.1, 0.15) is 5.82 Å². The molecule has 0 spiro atoms. The zero-order valence-electron chi connectivity index (χ0n) is 15.7. The van der Waals surface area contributed by atoms with Crippen molar-refractivity contribution in [3.63, 3.8) is 0 Å². The number of amides is 2. The van der Waals surface area contributed by atoms with Gasteiger partial charge in [-0.15, -0.1) is 0 Å². The van der Waals surface area contributed by atoms with Crippen LogP contribution in [0.3, 0.4) is 0 Å². The van der Waals surface area contributed by atoms with Crippen LogP contribution >= 0.6 is 0 Å². The van der Waals surface area contributed by atoms with Crippen LogP contribution in [0.4, 0.5) is 20.3 Å². The minimum Gasteiger partial charge on any atom is -0.383 e. The molecule has 1 aromatic carbocycles. The number of halogens is 2. The van der Waals surface area contributed by atoms with Gasteiger partial charge in [0, 0.05) is 18.9 Å². The van der Waals surface area contributed by atoms with E-state index >= 15 is 0 Å². The largest absolute Gasteiger partial charge is 0.383 e. The van der Waals surface area contributed by atoms with Gasteiger partial charge in [0.2, 0.25) is 0 Å². The summed E-state index contributed by atoms with van der Waals surface area (Å²) in [5, 5.41) is 2.48. The van der Waals surface area contributed by atoms with Gasteiger partial charge in [-0.05, 0) is 24.1 Å². The Bertz CT molecular complexity index is 889. The second-order valence-electron chi connectivity index (χ2n) is 7.13. The van der Waals surface area contributed by atoms with Crippen molar-refractivity contribution < 1.29 is 18.4 Å². The first kappa shape index (κ1) is 19.7. The highest BCUT2D eigenvalue weighted by Gasteiger charge is 2.48. The summed E-state index contributed by atoms with van der Waals surface area (Å²) in [6.45, 7) is 2.89. The number of anilines is 2. The van der Waals surface area contributed by atoms with E-state index < -0.39 is 36.1 Å². The van der Waals surface area contributed by atoms with Gasteiger partial charge in [0.15, 0.2) is 0 Å². The van der Waals surface area contributed by atoms with E-state index in [1.165, 1.54) is 18.0 Å². The topological polar surface area (TPSA) is 88.3 Å². The number of nitrogens with one attached hydrogen (secondary N) is 1. The summed E-state index contributed by atoms with van der Waals surface area (Å²) in [5.41, 5.74) is 7.19. The van der Waals surface area contributed by atoms with E-state index in [4.69, 9.17) is 5.73 Å². The van der Waals surface area contributed by atoms with E-state index in [1.807, 2.05) is 0 Å². The summed E-state index contributed by atoms with van der Waals surface area (Å²) in [6.07, 6.45) is 0.814. The molecule has 6 nitrogen and oxygen atoms in total. The molecule has 148 valence electrons. The van der Waals surface area contributed by atoms with Crippen LogP contribution in [-0.2, 0) is 9.59 Å². The number of nitrogen functional groups attached to an aromatic ring is 1. The predicted octanol–water partition coefficient (Wildman–Crippen LogP) is 3.16. The van der Waals surface area contributed by atoms with Crippen molar-refractivity contribution in [1.29, 1.82) is 0 Å². The molecule has 2 amide bonds. The molecule has 0 bridgehead atoms. The number of carbonyl (C=O) groups is 2. The number of hydrogen-bond acceptors (Lipinski definition) is 4. The van der Waals surface area contributed by atoms with E-state index in [0.717, 1.165) is 0 Å². The summed E-state index contributed by atoms with van der Waals surface area (Å²) in [4.78, 5) is 30.5. The third-order valence-electron chi connectivity index (χ3n) is 5.05. The molecule has 8 heteroatoms. The molecule has 2 aromatic rings. The molecular weight excluding hydrogens is 366 g/mol. The molecule has 1 aliphatic heterocycles. The maximum absolute atomic E-state index is 14.3. The van der Waals surface area contributed by atoms with Crippen LogP contribution in [0.2, 0.25) is 0 Å². The number of piperidine rings is 1. The van der Waals surface area contributed by atoms with E-state index in [2.05, 4.69) is 10.3 Å². The molecule has 0 radical (unpaired) electrons. The summed E-state index contributed by atoms with van der Waals surface area (Å²) in [6, 6.07) is 9.28. The zero-order chi connectivity index (χ0) is 20.5. The van der Waals surface area contributed by atoms with Gasteiger partial charge >= 0.3 is 11.8 Å². The van der Waals surface area contributed by atoms with Crippen LogP contribution in [0.25, 0.3) is 0 Å². The van der Waals surface area contributed by atoms with Gasteiger partial charge in [0.25, 0.3) is 5.92 Å². The van der Waals surface area contributed by atoms with Crippen LogP contribution in [0.5, 0.6) is 0 Å². The quantitative estimate of drug-likeness (QED) is 0.774. The molecule has 1 saturated heterocycles. The van der Waals surface area contributed by atoms with Crippen molar-refractivity contribution >= 4 is 23.3 Å². The van der Waals surface area contributed by atoms with E-state index in [-0.39, 0.29) is 6.54 Å². The van der Waals surface area contributed by atoms with Crippen molar-refractivity contribution in [2.75, 3.05) is 17.6 Å². The number of benzene rings is 1. The van der Waals surface area contributed by atoms with E-state index in [9.17, 15) is 18.4 Å². The molecule has 2 heterocycles. The molecule has 28 heavy (non-hydrogen) atoms. The molecule has 0 aliphatic carbocycles. The van der Waals surface area contributed by atoms with Crippen LogP contribution < -0.4 is 11.1 Å². The first-order valence-electron chi connectivity index (χ1n) is 8.96. The van der Waals surface area contributed by atoms with Crippen LogP contribution in [0.15, 0.2) is 42.6 Å². The van der Waals surface area contributed by atoms with Gasteiger partial charge in [-0.1, -0.05) is 37.3 Å². The minimum atomic E-state index is -2.92. The summed E-state index contributed by atoms with van der Waals surface area (Å²) in [5.74, 6) is -5.41. The molecule has 2 atom stereocenters. The monoisotopic (exact) mass is 388 g/mol. The van der Waals surface area contributed by atoms with E-state index in [0.29, 0.717) is 22.6 Å².